The quantitative estimate of drug-likeness (QED) is 0.686. The monoisotopic (exact) mass is 335 g/mol. The Balaban J connectivity index is 1.61. The molecule has 25 heavy (non-hydrogen) atoms. The SMILES string of the molecule is CCCc1nc2ccc(CCC(=O)Nc3ccc(C)c(C)c3)cc2[nH]1. The molecule has 3 rings (SSSR count). The number of benzene rings is 2. The first-order chi connectivity index (χ1) is 12.0. The Morgan fingerprint density at radius 1 is 1.08 bits per heavy atom. The number of aromatic nitrogens is 2. The van der Waals surface area contributed by atoms with Crippen LogP contribution in [0.3, 0.4) is 0 Å². The maximum absolute atomic E-state index is 12.2. The molecule has 130 valence electrons. The molecule has 0 unspecified atom stereocenters. The Morgan fingerprint density at radius 2 is 1.92 bits per heavy atom. The summed E-state index contributed by atoms with van der Waals surface area (Å²) in [6, 6.07) is 12.2. The van der Waals surface area contributed by atoms with Crippen LogP contribution >= 0.6 is 0 Å². The molecule has 0 aliphatic rings. The van der Waals surface area contributed by atoms with Crippen molar-refractivity contribution in [1.82, 2.24) is 9.97 Å². The Kier molecular flexibility index (Phi) is 5.17. The van der Waals surface area contributed by atoms with Crippen LogP contribution < -0.4 is 5.32 Å². The molecule has 0 aliphatic carbocycles. The van der Waals surface area contributed by atoms with Gasteiger partial charge in [-0.15, -0.1) is 0 Å². The van der Waals surface area contributed by atoms with Crippen molar-refractivity contribution in [2.45, 2.75) is 46.5 Å². The van der Waals surface area contributed by atoms with Crippen LogP contribution in [0.2, 0.25) is 0 Å². The second-order valence-electron chi connectivity index (χ2n) is 6.63. The molecule has 0 fully saturated rings. The third-order valence-electron chi connectivity index (χ3n) is 4.51. The van der Waals surface area contributed by atoms with E-state index >= 15 is 0 Å². The number of anilines is 1. The molecule has 0 saturated carbocycles. The first-order valence-electron chi connectivity index (χ1n) is 8.90. The van der Waals surface area contributed by atoms with Gasteiger partial charge in [-0.1, -0.05) is 19.1 Å². The molecule has 0 spiro atoms. The van der Waals surface area contributed by atoms with Crippen LogP contribution in [0.4, 0.5) is 5.69 Å². The number of carbonyl (C=O) groups excluding carboxylic acids is 1. The molecular weight excluding hydrogens is 310 g/mol. The van der Waals surface area contributed by atoms with Gasteiger partial charge in [0.25, 0.3) is 0 Å². The normalized spacial score (nSPS) is 11.0. The van der Waals surface area contributed by atoms with E-state index in [4.69, 9.17) is 0 Å². The summed E-state index contributed by atoms with van der Waals surface area (Å²) < 4.78 is 0. The molecule has 2 aromatic carbocycles. The van der Waals surface area contributed by atoms with E-state index < -0.39 is 0 Å². The van der Waals surface area contributed by atoms with Crippen molar-refractivity contribution >= 4 is 22.6 Å². The minimum Gasteiger partial charge on any atom is -0.342 e. The lowest BCUT2D eigenvalue weighted by atomic mass is 10.1. The van der Waals surface area contributed by atoms with Gasteiger partial charge in [0.15, 0.2) is 0 Å². The number of hydrogen-bond donors (Lipinski definition) is 2. The van der Waals surface area contributed by atoms with Crippen molar-refractivity contribution in [1.29, 1.82) is 0 Å². The number of rotatable bonds is 6. The van der Waals surface area contributed by atoms with Crippen molar-refractivity contribution in [2.24, 2.45) is 0 Å². The molecule has 3 aromatic rings. The van der Waals surface area contributed by atoms with Crippen LogP contribution in [0.1, 0.15) is 42.3 Å². The molecular formula is C21H25N3O. The summed E-state index contributed by atoms with van der Waals surface area (Å²) in [6.45, 7) is 6.27. The minimum atomic E-state index is 0.0413. The first-order valence-corrected chi connectivity index (χ1v) is 8.90. The van der Waals surface area contributed by atoms with E-state index in [1.807, 2.05) is 24.3 Å². The van der Waals surface area contributed by atoms with E-state index in [0.29, 0.717) is 6.42 Å². The van der Waals surface area contributed by atoms with E-state index in [0.717, 1.165) is 47.4 Å². The van der Waals surface area contributed by atoms with Crippen LogP contribution in [-0.4, -0.2) is 15.9 Å². The van der Waals surface area contributed by atoms with Crippen LogP contribution in [-0.2, 0) is 17.6 Å². The van der Waals surface area contributed by atoms with Gasteiger partial charge < -0.3 is 10.3 Å². The maximum atomic E-state index is 12.2. The molecule has 1 amide bonds. The van der Waals surface area contributed by atoms with E-state index in [-0.39, 0.29) is 5.91 Å². The topological polar surface area (TPSA) is 57.8 Å². The number of aryl methyl sites for hydroxylation is 4. The molecule has 1 aromatic heterocycles. The van der Waals surface area contributed by atoms with E-state index in [9.17, 15) is 4.79 Å². The second kappa shape index (κ2) is 7.51. The van der Waals surface area contributed by atoms with Gasteiger partial charge in [-0.05, 0) is 67.6 Å². The Bertz CT molecular complexity index is 895. The molecule has 0 bridgehead atoms. The minimum absolute atomic E-state index is 0.0413. The number of nitrogens with one attached hydrogen (secondary N) is 2. The molecule has 0 radical (unpaired) electrons. The number of imidazole rings is 1. The zero-order valence-electron chi connectivity index (χ0n) is 15.1. The van der Waals surface area contributed by atoms with Crippen molar-refractivity contribution in [3.8, 4) is 0 Å². The fourth-order valence-corrected chi connectivity index (χ4v) is 2.92. The summed E-state index contributed by atoms with van der Waals surface area (Å²) in [6.07, 6.45) is 3.22. The Hall–Kier alpha value is -2.62. The van der Waals surface area contributed by atoms with Crippen LogP contribution in [0.15, 0.2) is 36.4 Å². The number of aromatic amines is 1. The van der Waals surface area contributed by atoms with Gasteiger partial charge in [-0.3, -0.25) is 4.79 Å². The molecule has 4 heteroatoms. The fourth-order valence-electron chi connectivity index (χ4n) is 2.92. The van der Waals surface area contributed by atoms with E-state index in [1.165, 1.54) is 11.1 Å². The van der Waals surface area contributed by atoms with E-state index in [1.54, 1.807) is 0 Å². The summed E-state index contributed by atoms with van der Waals surface area (Å²) in [4.78, 5) is 20.1. The van der Waals surface area contributed by atoms with Crippen LogP contribution in [0.25, 0.3) is 11.0 Å². The third-order valence-corrected chi connectivity index (χ3v) is 4.51. The maximum Gasteiger partial charge on any atom is 0.224 e. The van der Waals surface area contributed by atoms with Gasteiger partial charge in [-0.25, -0.2) is 4.98 Å². The highest BCUT2D eigenvalue weighted by Crippen LogP contribution is 2.17. The summed E-state index contributed by atoms with van der Waals surface area (Å²) in [7, 11) is 0. The molecule has 0 aliphatic heterocycles. The van der Waals surface area contributed by atoms with Crippen molar-refractivity contribution in [2.75, 3.05) is 5.32 Å². The number of nitrogens with zero attached hydrogens (tertiary/aromatic N) is 1. The predicted molar refractivity (Wildman–Crippen MR) is 103 cm³/mol. The number of carbonyl (C=O) groups is 1. The zero-order chi connectivity index (χ0) is 17.8. The zero-order valence-corrected chi connectivity index (χ0v) is 15.1. The largest absolute Gasteiger partial charge is 0.342 e. The Labute approximate surface area is 148 Å². The number of fused-ring (bicyclic) bond motifs is 1. The molecule has 4 nitrogen and oxygen atoms in total. The summed E-state index contributed by atoms with van der Waals surface area (Å²) in [5.41, 5.74) is 6.47. The molecule has 2 N–H and O–H groups in total. The highest BCUT2D eigenvalue weighted by atomic mass is 16.1. The van der Waals surface area contributed by atoms with Crippen molar-refractivity contribution < 1.29 is 4.79 Å². The average Bonchev–Trinajstić information content (AvgIpc) is 2.98. The lowest BCUT2D eigenvalue weighted by Crippen LogP contribution is -2.12. The first kappa shape index (κ1) is 17.2. The van der Waals surface area contributed by atoms with Gasteiger partial charge in [0.1, 0.15) is 5.82 Å². The third kappa shape index (κ3) is 4.27. The van der Waals surface area contributed by atoms with Crippen LogP contribution in [0, 0.1) is 13.8 Å². The summed E-state index contributed by atoms with van der Waals surface area (Å²) >= 11 is 0. The van der Waals surface area contributed by atoms with Gasteiger partial charge in [0.05, 0.1) is 11.0 Å². The highest BCUT2D eigenvalue weighted by Gasteiger charge is 2.07. The standard InChI is InChI=1S/C21H25N3O/c1-4-5-20-23-18-10-7-16(13-19(18)24-20)8-11-21(25)22-17-9-6-14(2)15(3)12-17/h6-7,9-10,12-13H,4-5,8,11H2,1-3H3,(H,22,25)(H,23,24). The van der Waals surface area contributed by atoms with Crippen LogP contribution in [0.5, 0.6) is 0 Å². The summed E-state index contributed by atoms with van der Waals surface area (Å²) in [5, 5.41) is 2.98. The number of hydrogen-bond acceptors (Lipinski definition) is 2. The number of H-pyrrole nitrogens is 1. The number of amides is 1. The van der Waals surface area contributed by atoms with Crippen molar-refractivity contribution in [3.63, 3.8) is 0 Å². The molecule has 0 atom stereocenters. The van der Waals surface area contributed by atoms with Gasteiger partial charge in [0, 0.05) is 18.5 Å². The van der Waals surface area contributed by atoms with Crippen molar-refractivity contribution in [3.05, 3.63) is 58.9 Å². The highest BCUT2D eigenvalue weighted by molar-refractivity contribution is 5.91. The lowest BCUT2D eigenvalue weighted by Gasteiger charge is -2.08. The molecule has 0 saturated heterocycles. The van der Waals surface area contributed by atoms with Gasteiger partial charge in [-0.2, -0.15) is 0 Å². The van der Waals surface area contributed by atoms with Gasteiger partial charge >= 0.3 is 0 Å². The lowest BCUT2D eigenvalue weighted by molar-refractivity contribution is -0.116. The van der Waals surface area contributed by atoms with E-state index in [2.05, 4.69) is 48.2 Å². The predicted octanol–water partition coefficient (Wildman–Crippen LogP) is 4.70. The Morgan fingerprint density at radius 3 is 2.68 bits per heavy atom. The molecule has 1 heterocycles. The van der Waals surface area contributed by atoms with Gasteiger partial charge in [0.2, 0.25) is 5.91 Å². The fraction of sp³-hybridized carbons (Fsp3) is 0.333. The summed E-state index contributed by atoms with van der Waals surface area (Å²) in [5.74, 6) is 1.07. The average molecular weight is 335 g/mol. The smallest absolute Gasteiger partial charge is 0.224 e. The second-order valence-corrected chi connectivity index (χ2v) is 6.63.